The number of primary amides is 1. The highest BCUT2D eigenvalue weighted by molar-refractivity contribution is 7.90. The normalized spacial score (nSPS) is 18.9. The van der Waals surface area contributed by atoms with Crippen molar-refractivity contribution in [3.05, 3.63) is 35.2 Å². The van der Waals surface area contributed by atoms with Gasteiger partial charge in [0.2, 0.25) is 5.91 Å². The van der Waals surface area contributed by atoms with Crippen molar-refractivity contribution in [3.63, 3.8) is 0 Å². The second-order valence-corrected chi connectivity index (χ2v) is 10.6. The number of carbonyl (C=O) groups excluding carboxylic acids is 3. The number of ketones is 1. The first-order chi connectivity index (χ1) is 15.6. The van der Waals surface area contributed by atoms with E-state index in [2.05, 4.69) is 9.71 Å². The van der Waals surface area contributed by atoms with Crippen LogP contribution in [0.15, 0.2) is 38.9 Å². The predicted molar refractivity (Wildman–Crippen MR) is 123 cm³/mol. The first kappa shape index (κ1) is 22.9. The van der Waals surface area contributed by atoms with E-state index in [4.69, 9.17) is 10.5 Å². The minimum absolute atomic E-state index is 0.115. The Bertz CT molecular complexity index is 1280. The summed E-state index contributed by atoms with van der Waals surface area (Å²) in [7, 11) is -4.25. The van der Waals surface area contributed by atoms with Crippen molar-refractivity contribution in [3.8, 4) is 5.75 Å². The molecule has 2 amide bonds. The first-order valence-corrected chi connectivity index (χ1v) is 12.5. The number of anilines is 2. The van der Waals surface area contributed by atoms with Gasteiger partial charge in [-0.1, -0.05) is 13.8 Å². The van der Waals surface area contributed by atoms with Crippen LogP contribution < -0.4 is 20.7 Å². The minimum atomic E-state index is -4.25. The summed E-state index contributed by atoms with van der Waals surface area (Å²) in [6, 6.07) is 5.71. The Labute approximate surface area is 194 Å². The summed E-state index contributed by atoms with van der Waals surface area (Å²) in [4.78, 5) is 38.8. The molecule has 0 radical (unpaired) electrons. The van der Waals surface area contributed by atoms with E-state index in [9.17, 15) is 22.8 Å². The number of amides is 2. The summed E-state index contributed by atoms with van der Waals surface area (Å²) in [6.45, 7) is 4.06. The van der Waals surface area contributed by atoms with Gasteiger partial charge in [0, 0.05) is 12.6 Å². The lowest BCUT2D eigenvalue weighted by Crippen LogP contribution is -2.50. The Morgan fingerprint density at radius 3 is 2.76 bits per heavy atom. The second kappa shape index (κ2) is 8.60. The van der Waals surface area contributed by atoms with Gasteiger partial charge in [-0.15, -0.1) is 15.7 Å². The quantitative estimate of drug-likeness (QED) is 0.564. The van der Waals surface area contributed by atoms with Gasteiger partial charge < -0.3 is 20.7 Å². The average Bonchev–Trinajstić information content (AvgIpc) is 3.22. The number of thiophene rings is 1. The zero-order valence-electron chi connectivity index (χ0n) is 17.9. The number of fused-ring (bicyclic) bond motifs is 2. The number of sulfonamides is 1. The Morgan fingerprint density at radius 2 is 2.06 bits per heavy atom. The number of nitrogens with two attached hydrogens (primary N) is 1. The molecular formula is C21H22N4O6S2. The molecule has 3 N–H and O–H groups in total. The Hall–Kier alpha value is -3.25. The zero-order valence-corrected chi connectivity index (χ0v) is 19.5. The number of ether oxygens (including phenoxy) is 1. The average molecular weight is 491 g/mol. The minimum Gasteiger partial charge on any atom is -0.484 e. The zero-order chi connectivity index (χ0) is 23.9. The topological polar surface area (TPSA) is 148 Å². The van der Waals surface area contributed by atoms with E-state index in [1.165, 1.54) is 29.5 Å². The molecule has 1 atom stereocenters. The molecule has 0 spiro atoms. The van der Waals surface area contributed by atoms with Gasteiger partial charge in [0.15, 0.2) is 18.3 Å². The molecule has 0 aliphatic carbocycles. The number of Topliss-reactive ketones (excluding diaryl/α,β-unsaturated/α-hetero) is 1. The Morgan fingerprint density at radius 1 is 1.30 bits per heavy atom. The molecule has 0 fully saturated rings. The van der Waals surface area contributed by atoms with Gasteiger partial charge in [-0.2, -0.15) is 8.42 Å². The molecule has 3 heterocycles. The molecule has 1 aromatic heterocycles. The van der Waals surface area contributed by atoms with E-state index in [-0.39, 0.29) is 22.2 Å². The largest absolute Gasteiger partial charge is 0.484 e. The second-order valence-electron chi connectivity index (χ2n) is 8.10. The fraction of sp³-hybridized carbons (Fsp3) is 0.333. The van der Waals surface area contributed by atoms with E-state index < -0.39 is 40.1 Å². The fourth-order valence-electron chi connectivity index (χ4n) is 3.59. The maximum absolute atomic E-state index is 13.4. The van der Waals surface area contributed by atoms with Crippen molar-refractivity contribution in [1.29, 1.82) is 0 Å². The third-order valence-corrected chi connectivity index (χ3v) is 7.49. The molecule has 12 heteroatoms. The molecule has 4 rings (SSSR count). The van der Waals surface area contributed by atoms with Gasteiger partial charge in [0.25, 0.3) is 15.9 Å². The molecule has 0 saturated heterocycles. The molecule has 2 aliphatic rings. The highest BCUT2D eigenvalue weighted by atomic mass is 32.2. The van der Waals surface area contributed by atoms with E-state index >= 15 is 0 Å². The number of carbonyl (C=O) groups is 3. The van der Waals surface area contributed by atoms with E-state index in [0.29, 0.717) is 23.0 Å². The first-order valence-electron chi connectivity index (χ1n) is 10.2. The van der Waals surface area contributed by atoms with Crippen molar-refractivity contribution in [2.24, 2.45) is 22.0 Å². The maximum Gasteiger partial charge on any atom is 0.286 e. The number of rotatable bonds is 7. The van der Waals surface area contributed by atoms with Gasteiger partial charge in [0.1, 0.15) is 21.5 Å². The van der Waals surface area contributed by atoms with Crippen molar-refractivity contribution in [1.82, 2.24) is 0 Å². The molecule has 0 bridgehead atoms. The molecule has 33 heavy (non-hydrogen) atoms. The molecule has 174 valence electrons. The van der Waals surface area contributed by atoms with Crippen LogP contribution in [-0.4, -0.2) is 45.0 Å². The molecular weight excluding hydrogens is 468 g/mol. The van der Waals surface area contributed by atoms with Crippen LogP contribution in [0.4, 0.5) is 10.7 Å². The summed E-state index contributed by atoms with van der Waals surface area (Å²) in [5.74, 6) is -2.91. The number of hydrogen-bond donors (Lipinski definition) is 2. The fourth-order valence-corrected chi connectivity index (χ4v) is 5.70. The highest BCUT2D eigenvalue weighted by Gasteiger charge is 2.45. The summed E-state index contributed by atoms with van der Waals surface area (Å²) in [6.07, 6.45) is 0.721. The van der Waals surface area contributed by atoms with Gasteiger partial charge in [0.05, 0.1) is 11.3 Å². The number of nitrogens with one attached hydrogen (secondary N) is 1. The monoisotopic (exact) mass is 490 g/mol. The van der Waals surface area contributed by atoms with Crippen LogP contribution in [0.25, 0.3) is 0 Å². The van der Waals surface area contributed by atoms with Crippen LogP contribution in [0.5, 0.6) is 5.75 Å². The van der Waals surface area contributed by atoms with Gasteiger partial charge >= 0.3 is 0 Å². The van der Waals surface area contributed by atoms with Crippen molar-refractivity contribution < 1.29 is 27.5 Å². The standard InChI is InChI=1S/C21H22N4O6S2/c1-11(2)5-7-25-20(28)17(18(27)13-6-8-32-21(13)25)19-23-14-4-3-12(31-10-16(22)26)9-15(14)33(29,30)24-19/h3-4,6,8-9,11,17H,5,7,10H2,1-2H3,(H2,22,26)(H,23,24). The van der Waals surface area contributed by atoms with Crippen molar-refractivity contribution in [2.45, 2.75) is 25.2 Å². The van der Waals surface area contributed by atoms with Crippen LogP contribution in [0.3, 0.4) is 0 Å². The third kappa shape index (κ3) is 4.35. The molecule has 2 aromatic rings. The van der Waals surface area contributed by atoms with Crippen LogP contribution in [0, 0.1) is 11.8 Å². The van der Waals surface area contributed by atoms with E-state index in [1.807, 2.05) is 13.8 Å². The predicted octanol–water partition coefficient (Wildman–Crippen LogP) is 2.02. The van der Waals surface area contributed by atoms with Crippen LogP contribution in [0.2, 0.25) is 0 Å². The van der Waals surface area contributed by atoms with Crippen LogP contribution in [0.1, 0.15) is 30.6 Å². The number of hydrogen-bond acceptors (Lipinski definition) is 8. The number of nitrogens with zero attached hydrogens (tertiary/aromatic N) is 2. The molecule has 1 aromatic carbocycles. The van der Waals surface area contributed by atoms with Gasteiger partial charge in [-0.05, 0) is 35.9 Å². The van der Waals surface area contributed by atoms with Crippen molar-refractivity contribution >= 4 is 55.5 Å². The van der Waals surface area contributed by atoms with E-state index in [1.54, 1.807) is 16.3 Å². The lowest BCUT2D eigenvalue weighted by molar-refractivity contribution is -0.120. The maximum atomic E-state index is 13.4. The third-order valence-electron chi connectivity index (χ3n) is 5.23. The lowest BCUT2D eigenvalue weighted by atomic mass is 9.92. The summed E-state index contributed by atoms with van der Waals surface area (Å²) in [5.41, 5.74) is 5.57. The number of amidine groups is 1. The van der Waals surface area contributed by atoms with Gasteiger partial charge in [-0.3, -0.25) is 14.4 Å². The molecule has 10 nitrogen and oxygen atoms in total. The molecule has 0 saturated carbocycles. The van der Waals surface area contributed by atoms with Crippen LogP contribution >= 0.6 is 11.3 Å². The highest BCUT2D eigenvalue weighted by Crippen LogP contribution is 2.38. The molecule has 1 unspecified atom stereocenters. The van der Waals surface area contributed by atoms with Crippen LogP contribution in [-0.2, 0) is 19.6 Å². The summed E-state index contributed by atoms with van der Waals surface area (Å²) in [5, 5.41) is 5.14. The van der Waals surface area contributed by atoms with Crippen molar-refractivity contribution in [2.75, 3.05) is 23.4 Å². The Kier molecular flexibility index (Phi) is 5.97. The smallest absolute Gasteiger partial charge is 0.286 e. The lowest BCUT2D eigenvalue weighted by Gasteiger charge is -2.33. The molecule has 2 aliphatic heterocycles. The SMILES string of the molecule is CC(C)CCN1C(=O)C(C2=NS(=O)(=O)c3cc(OCC(N)=O)ccc3N2)C(=O)c2ccsc21. The number of benzene rings is 1. The summed E-state index contributed by atoms with van der Waals surface area (Å²) < 4.78 is 34.8. The Balaban J connectivity index is 1.69. The van der Waals surface area contributed by atoms with Gasteiger partial charge in [-0.25, -0.2) is 0 Å². The summed E-state index contributed by atoms with van der Waals surface area (Å²) >= 11 is 1.30. The van der Waals surface area contributed by atoms with E-state index in [0.717, 1.165) is 6.42 Å².